The van der Waals surface area contributed by atoms with Gasteiger partial charge in [-0.2, -0.15) is 0 Å². The molecule has 0 heterocycles. The summed E-state index contributed by atoms with van der Waals surface area (Å²) in [5.41, 5.74) is 1.62. The first-order valence-corrected chi connectivity index (χ1v) is 6.84. The van der Waals surface area contributed by atoms with Crippen molar-refractivity contribution in [3.8, 4) is 0 Å². The van der Waals surface area contributed by atoms with Crippen LogP contribution in [0.15, 0.2) is 47.0 Å². The maximum atomic E-state index is 11.6. The first-order valence-electron chi connectivity index (χ1n) is 6.05. The molecule has 1 rings (SSSR count). The van der Waals surface area contributed by atoms with Crippen molar-refractivity contribution >= 4 is 33.5 Å². The predicted molar refractivity (Wildman–Crippen MR) is 82.4 cm³/mol. The molecule has 4 nitrogen and oxygen atoms in total. The number of nitrogens with one attached hydrogen (secondary N) is 1. The van der Waals surface area contributed by atoms with Crippen molar-refractivity contribution in [1.29, 1.82) is 0 Å². The number of carbonyl (C=O) groups is 2. The fourth-order valence-electron chi connectivity index (χ4n) is 1.38. The van der Waals surface area contributed by atoms with Crippen LogP contribution < -0.4 is 5.32 Å². The molecule has 0 aromatic heterocycles. The maximum Gasteiger partial charge on any atom is 0.331 e. The highest BCUT2D eigenvalue weighted by Crippen LogP contribution is 2.19. The van der Waals surface area contributed by atoms with Gasteiger partial charge in [-0.05, 0) is 37.6 Å². The van der Waals surface area contributed by atoms with Crippen LogP contribution in [0.1, 0.15) is 12.5 Å². The van der Waals surface area contributed by atoms with Crippen molar-refractivity contribution < 1.29 is 14.3 Å². The molecule has 0 spiro atoms. The number of halogens is 1. The summed E-state index contributed by atoms with van der Waals surface area (Å²) in [5.74, 6) is -0.922. The molecule has 0 aliphatic heterocycles. The summed E-state index contributed by atoms with van der Waals surface area (Å²) in [4.78, 5) is 22.9. The smallest absolute Gasteiger partial charge is 0.331 e. The Morgan fingerprint density at radius 2 is 2.10 bits per heavy atom. The minimum absolute atomic E-state index is 0.311. The first-order chi connectivity index (χ1) is 9.52. The summed E-state index contributed by atoms with van der Waals surface area (Å²) in [5, 5.41) is 2.68. The topological polar surface area (TPSA) is 55.4 Å². The molecule has 1 aromatic carbocycles. The maximum absolute atomic E-state index is 11.6. The molecule has 0 bridgehead atoms. The number of benzene rings is 1. The molecule has 1 N–H and O–H groups in total. The molecule has 0 aliphatic carbocycles. The van der Waals surface area contributed by atoms with Gasteiger partial charge in [-0.15, -0.1) is 0 Å². The van der Waals surface area contributed by atoms with Gasteiger partial charge in [-0.3, -0.25) is 4.79 Å². The molecular weight excluding hydrogens is 322 g/mol. The van der Waals surface area contributed by atoms with Crippen molar-refractivity contribution in [3.05, 3.63) is 52.5 Å². The Kier molecular flexibility index (Phi) is 6.73. The summed E-state index contributed by atoms with van der Waals surface area (Å²) in [6.07, 6.45) is 6.30. The van der Waals surface area contributed by atoms with E-state index in [2.05, 4.69) is 21.2 Å². The van der Waals surface area contributed by atoms with Gasteiger partial charge in [0.1, 0.15) is 0 Å². The van der Waals surface area contributed by atoms with Gasteiger partial charge < -0.3 is 10.1 Å². The number of esters is 1. The van der Waals surface area contributed by atoms with E-state index in [-0.39, 0.29) is 12.5 Å². The number of allylic oxidation sites excluding steroid dienone is 3. The second-order valence-corrected chi connectivity index (χ2v) is 4.92. The normalized spacial score (nSPS) is 10.9. The number of rotatable bonds is 5. The summed E-state index contributed by atoms with van der Waals surface area (Å²) in [6.45, 7) is 3.41. The highest BCUT2D eigenvalue weighted by Gasteiger charge is 2.07. The molecule has 5 heteroatoms. The van der Waals surface area contributed by atoms with Crippen LogP contribution >= 0.6 is 15.9 Å². The van der Waals surface area contributed by atoms with Gasteiger partial charge in [0.05, 0.1) is 0 Å². The van der Waals surface area contributed by atoms with E-state index in [0.717, 1.165) is 10.0 Å². The number of carbonyl (C=O) groups excluding carboxylic acids is 2. The lowest BCUT2D eigenvalue weighted by Gasteiger charge is -2.08. The second kappa shape index (κ2) is 8.32. The van der Waals surface area contributed by atoms with E-state index in [0.29, 0.717) is 5.69 Å². The van der Waals surface area contributed by atoms with E-state index < -0.39 is 5.97 Å². The van der Waals surface area contributed by atoms with Gasteiger partial charge in [-0.1, -0.05) is 34.2 Å². The molecule has 20 heavy (non-hydrogen) atoms. The first kappa shape index (κ1) is 16.2. The average Bonchev–Trinajstić information content (AvgIpc) is 2.40. The molecule has 0 atom stereocenters. The third-order valence-corrected chi connectivity index (χ3v) is 2.84. The van der Waals surface area contributed by atoms with Crippen molar-refractivity contribution in [2.45, 2.75) is 13.8 Å². The van der Waals surface area contributed by atoms with Crippen molar-refractivity contribution in [2.24, 2.45) is 0 Å². The van der Waals surface area contributed by atoms with Gasteiger partial charge in [0.2, 0.25) is 0 Å². The van der Waals surface area contributed by atoms with Crippen LogP contribution in [0.3, 0.4) is 0 Å². The van der Waals surface area contributed by atoms with Gasteiger partial charge in [-0.25, -0.2) is 4.79 Å². The van der Waals surface area contributed by atoms with Gasteiger partial charge >= 0.3 is 5.97 Å². The number of anilines is 1. The minimum Gasteiger partial charge on any atom is -0.452 e. The summed E-state index contributed by atoms with van der Waals surface area (Å²) in [7, 11) is 0. The zero-order valence-electron chi connectivity index (χ0n) is 11.4. The van der Waals surface area contributed by atoms with Crippen LogP contribution in [-0.2, 0) is 14.3 Å². The Balaban J connectivity index is 2.46. The molecule has 1 amide bonds. The van der Waals surface area contributed by atoms with E-state index in [1.165, 1.54) is 6.08 Å². The van der Waals surface area contributed by atoms with Crippen molar-refractivity contribution in [1.82, 2.24) is 0 Å². The molecule has 106 valence electrons. The van der Waals surface area contributed by atoms with Crippen LogP contribution in [0, 0.1) is 6.92 Å². The Bertz CT molecular complexity index is 550. The lowest BCUT2D eigenvalue weighted by molar-refractivity contribution is -0.142. The van der Waals surface area contributed by atoms with E-state index in [4.69, 9.17) is 4.74 Å². The third-order valence-electron chi connectivity index (χ3n) is 2.34. The van der Waals surface area contributed by atoms with Crippen LogP contribution in [0.5, 0.6) is 0 Å². The Hall–Kier alpha value is -1.88. The SMILES string of the molecule is C/C=C/C=C/C(=O)OCC(=O)Nc1ccc(Br)cc1C. The lowest BCUT2D eigenvalue weighted by Crippen LogP contribution is -2.20. The monoisotopic (exact) mass is 337 g/mol. The molecule has 0 radical (unpaired) electrons. The zero-order chi connectivity index (χ0) is 15.0. The minimum atomic E-state index is -0.550. The number of hydrogen-bond donors (Lipinski definition) is 1. The zero-order valence-corrected chi connectivity index (χ0v) is 12.9. The number of amides is 1. The fraction of sp³-hybridized carbons (Fsp3) is 0.200. The highest BCUT2D eigenvalue weighted by atomic mass is 79.9. The highest BCUT2D eigenvalue weighted by molar-refractivity contribution is 9.10. The van der Waals surface area contributed by atoms with Gasteiger partial charge in [0.25, 0.3) is 5.91 Å². The largest absolute Gasteiger partial charge is 0.452 e. The van der Waals surface area contributed by atoms with E-state index in [1.54, 1.807) is 24.3 Å². The number of ether oxygens (including phenoxy) is 1. The number of hydrogen-bond acceptors (Lipinski definition) is 3. The van der Waals surface area contributed by atoms with E-state index in [1.807, 2.05) is 26.0 Å². The molecule has 0 saturated heterocycles. The standard InChI is InChI=1S/C15H16BrNO3/c1-3-4-5-6-15(19)20-10-14(18)17-13-8-7-12(16)9-11(13)2/h3-9H,10H2,1-2H3,(H,17,18)/b4-3+,6-5+. The third kappa shape index (κ3) is 5.84. The second-order valence-electron chi connectivity index (χ2n) is 4.00. The van der Waals surface area contributed by atoms with Gasteiger partial charge in [0, 0.05) is 16.2 Å². The molecule has 1 aromatic rings. The molecule has 0 unspecified atom stereocenters. The predicted octanol–water partition coefficient (Wildman–Crippen LogP) is 3.37. The van der Waals surface area contributed by atoms with Crippen molar-refractivity contribution in [2.75, 3.05) is 11.9 Å². The van der Waals surface area contributed by atoms with E-state index >= 15 is 0 Å². The molecule has 0 fully saturated rings. The average molecular weight is 338 g/mol. The quantitative estimate of drug-likeness (QED) is 0.509. The number of aryl methyl sites for hydroxylation is 1. The Morgan fingerprint density at radius 1 is 1.35 bits per heavy atom. The summed E-state index contributed by atoms with van der Waals surface area (Å²) < 4.78 is 5.74. The van der Waals surface area contributed by atoms with Crippen LogP contribution in [-0.4, -0.2) is 18.5 Å². The molecule has 0 aliphatic rings. The molecular formula is C15H16BrNO3. The van der Waals surface area contributed by atoms with Crippen molar-refractivity contribution in [3.63, 3.8) is 0 Å². The van der Waals surface area contributed by atoms with Crippen LogP contribution in [0.2, 0.25) is 0 Å². The van der Waals surface area contributed by atoms with E-state index in [9.17, 15) is 9.59 Å². The molecule has 0 saturated carbocycles. The Labute approximate surface area is 126 Å². The van der Waals surface area contributed by atoms with Crippen LogP contribution in [0.25, 0.3) is 0 Å². The lowest BCUT2D eigenvalue weighted by atomic mass is 10.2. The summed E-state index contributed by atoms with van der Waals surface area (Å²) >= 11 is 3.35. The summed E-state index contributed by atoms with van der Waals surface area (Å²) in [6, 6.07) is 5.50. The van der Waals surface area contributed by atoms with Gasteiger partial charge in [0.15, 0.2) is 6.61 Å². The Morgan fingerprint density at radius 3 is 2.75 bits per heavy atom. The fourth-order valence-corrected chi connectivity index (χ4v) is 1.86. The van der Waals surface area contributed by atoms with Crippen LogP contribution in [0.4, 0.5) is 5.69 Å².